The van der Waals surface area contributed by atoms with E-state index < -0.39 is 6.10 Å². The molecule has 0 bridgehead atoms. The summed E-state index contributed by atoms with van der Waals surface area (Å²) < 4.78 is 25.6. The van der Waals surface area contributed by atoms with Gasteiger partial charge in [-0.2, -0.15) is 0 Å². The number of aliphatic hydroxyl groups excluding tert-OH is 1. The SMILES string of the molecule is Cc1nc2cc(OC[C@H](O)CN3CCN(Cc4cc(-c5ccc(F)cc5)no4)CC3)ccc2s1. The molecule has 0 unspecified atom stereocenters. The molecule has 1 aliphatic rings. The quantitative estimate of drug-likeness (QED) is 0.408. The van der Waals surface area contributed by atoms with E-state index in [-0.39, 0.29) is 12.4 Å². The van der Waals surface area contributed by atoms with Crippen LogP contribution in [-0.4, -0.2) is 70.5 Å². The third kappa shape index (κ3) is 5.61. The van der Waals surface area contributed by atoms with Crippen molar-refractivity contribution in [3.05, 3.63) is 65.1 Å². The maximum atomic E-state index is 13.1. The fraction of sp³-hybridized carbons (Fsp3) is 0.360. The van der Waals surface area contributed by atoms with Crippen molar-refractivity contribution in [2.24, 2.45) is 0 Å². The van der Waals surface area contributed by atoms with E-state index in [1.165, 1.54) is 12.1 Å². The molecule has 1 N–H and O–H groups in total. The predicted molar refractivity (Wildman–Crippen MR) is 129 cm³/mol. The van der Waals surface area contributed by atoms with Crippen molar-refractivity contribution in [2.75, 3.05) is 39.3 Å². The molecular weight excluding hydrogens is 455 g/mol. The Balaban J connectivity index is 1.05. The van der Waals surface area contributed by atoms with Gasteiger partial charge >= 0.3 is 0 Å². The van der Waals surface area contributed by atoms with E-state index in [1.54, 1.807) is 23.5 Å². The zero-order valence-corrected chi connectivity index (χ0v) is 19.8. The van der Waals surface area contributed by atoms with Gasteiger partial charge in [-0.3, -0.25) is 9.80 Å². The molecule has 5 rings (SSSR count). The lowest BCUT2D eigenvalue weighted by atomic mass is 10.1. The average Bonchev–Trinajstić information content (AvgIpc) is 3.44. The first-order chi connectivity index (χ1) is 16.5. The summed E-state index contributed by atoms with van der Waals surface area (Å²) in [5, 5.41) is 15.6. The van der Waals surface area contributed by atoms with Gasteiger partial charge in [0.1, 0.15) is 30.0 Å². The van der Waals surface area contributed by atoms with Gasteiger partial charge in [0.15, 0.2) is 5.76 Å². The van der Waals surface area contributed by atoms with E-state index in [1.807, 2.05) is 31.2 Å². The number of fused-ring (bicyclic) bond motifs is 1. The van der Waals surface area contributed by atoms with Gasteiger partial charge in [0.25, 0.3) is 0 Å². The maximum absolute atomic E-state index is 13.1. The number of halogens is 1. The zero-order chi connectivity index (χ0) is 23.5. The number of nitrogens with zero attached hydrogens (tertiary/aromatic N) is 4. The van der Waals surface area contributed by atoms with Gasteiger partial charge in [-0.25, -0.2) is 9.37 Å². The topological polar surface area (TPSA) is 74.9 Å². The number of rotatable bonds is 8. The summed E-state index contributed by atoms with van der Waals surface area (Å²) in [4.78, 5) is 9.05. The molecule has 0 spiro atoms. The Bertz CT molecular complexity index is 1230. The molecule has 1 saturated heterocycles. The molecular formula is C25H27FN4O3S. The Morgan fingerprint density at radius 2 is 1.85 bits per heavy atom. The molecule has 9 heteroatoms. The number of hydrogen-bond acceptors (Lipinski definition) is 8. The molecule has 2 aromatic carbocycles. The van der Waals surface area contributed by atoms with Crippen molar-refractivity contribution in [3.8, 4) is 17.0 Å². The van der Waals surface area contributed by atoms with Gasteiger partial charge in [0.05, 0.1) is 21.8 Å². The highest BCUT2D eigenvalue weighted by molar-refractivity contribution is 7.18. The molecule has 1 fully saturated rings. The second kappa shape index (κ2) is 10.2. The normalized spacial score (nSPS) is 16.2. The predicted octanol–water partition coefficient (Wildman–Crippen LogP) is 3.96. The summed E-state index contributed by atoms with van der Waals surface area (Å²) in [6, 6.07) is 14.0. The molecule has 3 heterocycles. The van der Waals surface area contributed by atoms with Crippen molar-refractivity contribution in [3.63, 3.8) is 0 Å². The largest absolute Gasteiger partial charge is 0.491 e. The summed E-state index contributed by atoms with van der Waals surface area (Å²) in [6.45, 7) is 6.96. The fourth-order valence-corrected chi connectivity index (χ4v) is 4.96. The number of hydrogen-bond donors (Lipinski definition) is 1. The van der Waals surface area contributed by atoms with Gasteiger partial charge in [-0.15, -0.1) is 11.3 Å². The Hall–Kier alpha value is -2.85. The van der Waals surface area contributed by atoms with Gasteiger partial charge in [-0.1, -0.05) is 5.16 Å². The smallest absolute Gasteiger partial charge is 0.151 e. The van der Waals surface area contributed by atoms with E-state index in [0.29, 0.717) is 18.8 Å². The van der Waals surface area contributed by atoms with Crippen molar-refractivity contribution >= 4 is 21.6 Å². The minimum absolute atomic E-state index is 0.249. The number of benzene rings is 2. The molecule has 4 aromatic rings. The molecule has 0 saturated carbocycles. The minimum Gasteiger partial charge on any atom is -0.491 e. The molecule has 2 aromatic heterocycles. The Morgan fingerprint density at radius 3 is 2.65 bits per heavy atom. The van der Waals surface area contributed by atoms with Crippen LogP contribution in [0, 0.1) is 12.7 Å². The van der Waals surface area contributed by atoms with E-state index in [0.717, 1.165) is 58.5 Å². The van der Waals surface area contributed by atoms with Gasteiger partial charge < -0.3 is 14.4 Å². The van der Waals surface area contributed by atoms with Crippen LogP contribution in [0.25, 0.3) is 21.5 Å². The third-order valence-electron chi connectivity index (χ3n) is 5.92. The number of thiazole rings is 1. The summed E-state index contributed by atoms with van der Waals surface area (Å²) in [5.74, 6) is 1.25. The van der Waals surface area contributed by atoms with Gasteiger partial charge in [0.2, 0.25) is 0 Å². The first kappa shape index (κ1) is 22.9. The zero-order valence-electron chi connectivity index (χ0n) is 19.0. The molecule has 178 valence electrons. The van der Waals surface area contributed by atoms with Crippen LogP contribution in [0.2, 0.25) is 0 Å². The first-order valence-electron chi connectivity index (χ1n) is 11.4. The van der Waals surface area contributed by atoms with E-state index in [4.69, 9.17) is 9.26 Å². The van der Waals surface area contributed by atoms with Crippen LogP contribution in [-0.2, 0) is 6.54 Å². The summed E-state index contributed by atoms with van der Waals surface area (Å²) in [5.41, 5.74) is 2.47. The lowest BCUT2D eigenvalue weighted by Gasteiger charge is -2.35. The number of aromatic nitrogens is 2. The lowest BCUT2D eigenvalue weighted by Crippen LogP contribution is -2.48. The van der Waals surface area contributed by atoms with Crippen LogP contribution < -0.4 is 4.74 Å². The highest BCUT2D eigenvalue weighted by Crippen LogP contribution is 2.25. The molecule has 0 aliphatic carbocycles. The Labute approximate surface area is 201 Å². The van der Waals surface area contributed by atoms with Crippen molar-refractivity contribution < 1.29 is 18.8 Å². The number of aryl methyl sites for hydroxylation is 1. The molecule has 7 nitrogen and oxygen atoms in total. The van der Waals surface area contributed by atoms with Crippen LogP contribution in [0.4, 0.5) is 4.39 Å². The Kier molecular flexibility index (Phi) is 6.87. The summed E-state index contributed by atoms with van der Waals surface area (Å²) >= 11 is 1.66. The maximum Gasteiger partial charge on any atom is 0.151 e. The second-order valence-electron chi connectivity index (χ2n) is 8.59. The fourth-order valence-electron chi connectivity index (χ4n) is 4.15. The van der Waals surface area contributed by atoms with Crippen LogP contribution in [0.15, 0.2) is 53.1 Å². The highest BCUT2D eigenvalue weighted by Gasteiger charge is 2.21. The van der Waals surface area contributed by atoms with Crippen molar-refractivity contribution in [1.82, 2.24) is 19.9 Å². The molecule has 0 amide bonds. The molecule has 1 aliphatic heterocycles. The highest BCUT2D eigenvalue weighted by atomic mass is 32.1. The Morgan fingerprint density at radius 1 is 1.09 bits per heavy atom. The van der Waals surface area contributed by atoms with E-state index >= 15 is 0 Å². The van der Waals surface area contributed by atoms with E-state index in [2.05, 4.69) is 19.9 Å². The van der Waals surface area contributed by atoms with Gasteiger partial charge in [0, 0.05) is 50.4 Å². The summed E-state index contributed by atoms with van der Waals surface area (Å²) in [6.07, 6.45) is -0.563. The third-order valence-corrected chi connectivity index (χ3v) is 6.87. The second-order valence-corrected chi connectivity index (χ2v) is 9.82. The molecule has 34 heavy (non-hydrogen) atoms. The summed E-state index contributed by atoms with van der Waals surface area (Å²) in [7, 11) is 0. The van der Waals surface area contributed by atoms with Crippen molar-refractivity contribution in [2.45, 2.75) is 19.6 Å². The monoisotopic (exact) mass is 482 g/mol. The minimum atomic E-state index is -0.563. The lowest BCUT2D eigenvalue weighted by molar-refractivity contribution is 0.0430. The number of ether oxygens (including phenoxy) is 1. The van der Waals surface area contributed by atoms with Crippen LogP contribution >= 0.6 is 11.3 Å². The molecule has 1 atom stereocenters. The number of aliphatic hydroxyl groups is 1. The first-order valence-corrected chi connectivity index (χ1v) is 12.2. The van der Waals surface area contributed by atoms with Crippen molar-refractivity contribution in [1.29, 1.82) is 0 Å². The average molecular weight is 483 g/mol. The van der Waals surface area contributed by atoms with Crippen LogP contribution in [0.1, 0.15) is 10.8 Å². The van der Waals surface area contributed by atoms with Crippen LogP contribution in [0.3, 0.4) is 0 Å². The standard InChI is InChI=1S/C25H27FN4O3S/c1-17-27-24-12-21(6-7-25(24)34-17)32-16-20(31)14-29-8-10-30(11-9-29)15-22-13-23(28-33-22)18-2-4-19(26)5-3-18/h2-7,12-13,20,31H,8-11,14-16H2,1H3/t20-/m1/s1. The van der Waals surface area contributed by atoms with Crippen LogP contribution in [0.5, 0.6) is 5.75 Å². The number of β-amino-alcohol motifs (C(OH)–C–C–N with tert-alkyl or cyclic N) is 1. The van der Waals surface area contributed by atoms with Gasteiger partial charge in [-0.05, 0) is 43.3 Å². The van der Waals surface area contributed by atoms with E-state index in [9.17, 15) is 9.50 Å². The molecule has 0 radical (unpaired) electrons. The number of piperazine rings is 1.